The van der Waals surface area contributed by atoms with E-state index in [4.69, 9.17) is 4.74 Å². The lowest BCUT2D eigenvalue weighted by atomic mass is 10.1. The number of fused-ring (bicyclic) bond motifs is 1. The first-order valence-corrected chi connectivity index (χ1v) is 9.10. The topological polar surface area (TPSA) is 81.4 Å². The molecule has 0 saturated heterocycles. The van der Waals surface area contributed by atoms with E-state index in [0.29, 0.717) is 22.0 Å². The molecule has 27 heavy (non-hydrogen) atoms. The van der Waals surface area contributed by atoms with Crippen molar-refractivity contribution in [2.45, 2.75) is 13.8 Å². The molecule has 0 aliphatic carbocycles. The van der Waals surface area contributed by atoms with Crippen molar-refractivity contribution in [3.8, 4) is 16.3 Å². The van der Waals surface area contributed by atoms with E-state index in [1.807, 2.05) is 50.2 Å². The van der Waals surface area contributed by atoms with Gasteiger partial charge in [0.05, 0.1) is 12.8 Å². The van der Waals surface area contributed by atoms with Crippen LogP contribution in [0.5, 0.6) is 5.75 Å². The van der Waals surface area contributed by atoms with Crippen molar-refractivity contribution in [3.63, 3.8) is 0 Å². The second-order valence-corrected chi connectivity index (χ2v) is 7.17. The van der Waals surface area contributed by atoms with Gasteiger partial charge in [-0.25, -0.2) is 0 Å². The number of nitrogens with zero attached hydrogens (tertiary/aromatic N) is 4. The molecule has 1 amide bonds. The molecule has 0 spiro atoms. The zero-order valence-electron chi connectivity index (χ0n) is 15.1. The van der Waals surface area contributed by atoms with Crippen LogP contribution in [-0.2, 0) is 0 Å². The molecule has 7 nitrogen and oxygen atoms in total. The normalized spacial score (nSPS) is 10.9. The molecule has 8 heteroatoms. The number of methoxy groups -OCH3 is 1. The Labute approximate surface area is 159 Å². The Hall–Kier alpha value is -3.26. The number of nitrogens with one attached hydrogen (secondary N) is 1. The van der Waals surface area contributed by atoms with E-state index in [9.17, 15) is 4.79 Å². The molecular weight excluding hydrogens is 362 g/mol. The summed E-state index contributed by atoms with van der Waals surface area (Å²) in [5, 5.41) is 16.0. The quantitative estimate of drug-likeness (QED) is 0.584. The van der Waals surface area contributed by atoms with Gasteiger partial charge in [0, 0.05) is 11.1 Å². The van der Waals surface area contributed by atoms with Crippen molar-refractivity contribution in [2.24, 2.45) is 0 Å². The third-order valence-electron chi connectivity index (χ3n) is 4.07. The van der Waals surface area contributed by atoms with E-state index in [-0.39, 0.29) is 5.91 Å². The minimum atomic E-state index is -0.185. The lowest BCUT2D eigenvalue weighted by molar-refractivity contribution is 0.102. The van der Waals surface area contributed by atoms with Gasteiger partial charge < -0.3 is 10.1 Å². The molecule has 0 radical (unpaired) electrons. The first-order valence-electron chi connectivity index (χ1n) is 8.28. The van der Waals surface area contributed by atoms with Gasteiger partial charge >= 0.3 is 0 Å². The van der Waals surface area contributed by atoms with Gasteiger partial charge in [-0.15, -0.1) is 10.2 Å². The molecular formula is C19H17N5O2S. The third-order valence-corrected chi connectivity index (χ3v) is 5.03. The van der Waals surface area contributed by atoms with Crippen LogP contribution in [0.3, 0.4) is 0 Å². The SMILES string of the molecule is COc1ccc(-c2nn3cnnc3s2)cc1NC(=O)c1cc(C)cc(C)c1. The van der Waals surface area contributed by atoms with E-state index in [0.717, 1.165) is 21.7 Å². The largest absolute Gasteiger partial charge is 0.495 e. The lowest BCUT2D eigenvalue weighted by Gasteiger charge is -2.12. The molecule has 136 valence electrons. The van der Waals surface area contributed by atoms with Crippen LogP contribution < -0.4 is 10.1 Å². The molecule has 2 aromatic heterocycles. The van der Waals surface area contributed by atoms with Gasteiger partial charge in [0.2, 0.25) is 4.96 Å². The summed E-state index contributed by atoms with van der Waals surface area (Å²) in [5.41, 5.74) is 4.15. The number of carbonyl (C=O) groups is 1. The van der Waals surface area contributed by atoms with Crippen molar-refractivity contribution in [1.82, 2.24) is 19.8 Å². The molecule has 2 heterocycles. The van der Waals surface area contributed by atoms with Crippen molar-refractivity contribution in [3.05, 3.63) is 59.4 Å². The predicted octanol–water partition coefficient (Wildman–Crippen LogP) is 3.73. The Kier molecular flexibility index (Phi) is 4.33. The molecule has 0 fully saturated rings. The predicted molar refractivity (Wildman–Crippen MR) is 105 cm³/mol. The highest BCUT2D eigenvalue weighted by molar-refractivity contribution is 7.19. The van der Waals surface area contributed by atoms with Crippen LogP contribution in [-0.4, -0.2) is 32.8 Å². The Balaban J connectivity index is 1.68. The Bertz CT molecular complexity index is 1100. The van der Waals surface area contributed by atoms with Crippen molar-refractivity contribution in [2.75, 3.05) is 12.4 Å². The van der Waals surface area contributed by atoms with E-state index in [1.165, 1.54) is 11.3 Å². The first-order chi connectivity index (χ1) is 13.0. The maximum absolute atomic E-state index is 12.7. The van der Waals surface area contributed by atoms with Gasteiger partial charge in [-0.2, -0.15) is 9.61 Å². The molecule has 0 bridgehead atoms. The molecule has 2 aromatic carbocycles. The van der Waals surface area contributed by atoms with E-state index in [1.54, 1.807) is 18.0 Å². The second kappa shape index (κ2) is 6.81. The van der Waals surface area contributed by atoms with Crippen LogP contribution in [0.1, 0.15) is 21.5 Å². The van der Waals surface area contributed by atoms with Gasteiger partial charge in [0.1, 0.15) is 17.1 Å². The molecule has 0 unspecified atom stereocenters. The van der Waals surface area contributed by atoms with Crippen LogP contribution in [0.2, 0.25) is 0 Å². The van der Waals surface area contributed by atoms with Gasteiger partial charge in [-0.05, 0) is 44.2 Å². The zero-order chi connectivity index (χ0) is 19.0. The fraction of sp³-hybridized carbons (Fsp3) is 0.158. The molecule has 0 saturated carbocycles. The van der Waals surface area contributed by atoms with Crippen LogP contribution in [0.4, 0.5) is 5.69 Å². The zero-order valence-corrected chi connectivity index (χ0v) is 15.9. The maximum Gasteiger partial charge on any atom is 0.255 e. The first kappa shape index (κ1) is 17.2. The van der Waals surface area contributed by atoms with E-state index in [2.05, 4.69) is 20.6 Å². The average Bonchev–Trinajstić information content (AvgIpc) is 3.22. The summed E-state index contributed by atoms with van der Waals surface area (Å²) >= 11 is 1.42. The highest BCUT2D eigenvalue weighted by Crippen LogP contribution is 2.32. The van der Waals surface area contributed by atoms with Gasteiger partial charge in [0.15, 0.2) is 0 Å². The summed E-state index contributed by atoms with van der Waals surface area (Å²) in [6, 6.07) is 11.3. The Morgan fingerprint density at radius 3 is 2.63 bits per heavy atom. The van der Waals surface area contributed by atoms with Crippen molar-refractivity contribution < 1.29 is 9.53 Å². The number of anilines is 1. The Morgan fingerprint density at radius 2 is 1.93 bits per heavy atom. The highest BCUT2D eigenvalue weighted by Gasteiger charge is 2.14. The number of rotatable bonds is 4. The molecule has 4 rings (SSSR count). The molecule has 1 N–H and O–H groups in total. The number of hydrogen-bond donors (Lipinski definition) is 1. The summed E-state index contributed by atoms with van der Waals surface area (Å²) in [4.78, 5) is 13.4. The number of aryl methyl sites for hydroxylation is 2. The second-order valence-electron chi connectivity index (χ2n) is 6.21. The summed E-state index contributed by atoms with van der Waals surface area (Å²) < 4.78 is 7.03. The Morgan fingerprint density at radius 1 is 1.15 bits per heavy atom. The van der Waals surface area contributed by atoms with Crippen LogP contribution in [0.25, 0.3) is 15.5 Å². The van der Waals surface area contributed by atoms with Crippen LogP contribution >= 0.6 is 11.3 Å². The smallest absolute Gasteiger partial charge is 0.255 e. The molecule has 4 aromatic rings. The van der Waals surface area contributed by atoms with Crippen molar-refractivity contribution in [1.29, 1.82) is 0 Å². The monoisotopic (exact) mass is 379 g/mol. The van der Waals surface area contributed by atoms with Crippen LogP contribution in [0, 0.1) is 13.8 Å². The number of hydrogen-bond acceptors (Lipinski definition) is 6. The molecule has 0 aliphatic heterocycles. The average molecular weight is 379 g/mol. The summed E-state index contributed by atoms with van der Waals surface area (Å²) in [6.45, 7) is 3.94. The van der Waals surface area contributed by atoms with E-state index >= 15 is 0 Å². The number of amides is 1. The number of aromatic nitrogens is 4. The van der Waals surface area contributed by atoms with Gasteiger partial charge in [0.25, 0.3) is 5.91 Å². The van der Waals surface area contributed by atoms with E-state index < -0.39 is 0 Å². The van der Waals surface area contributed by atoms with Crippen LogP contribution in [0.15, 0.2) is 42.7 Å². The van der Waals surface area contributed by atoms with Gasteiger partial charge in [-0.3, -0.25) is 4.79 Å². The number of carbonyl (C=O) groups excluding carboxylic acids is 1. The standard InChI is InChI=1S/C19H17N5O2S/c1-11-6-12(2)8-14(7-11)17(25)21-15-9-13(4-5-16(15)26-3)18-23-24-10-20-22-19(24)27-18/h4-10H,1-3H3,(H,21,25). The number of benzene rings is 2. The summed E-state index contributed by atoms with van der Waals surface area (Å²) in [5.74, 6) is 0.398. The van der Waals surface area contributed by atoms with Gasteiger partial charge in [-0.1, -0.05) is 28.5 Å². The number of ether oxygens (including phenoxy) is 1. The maximum atomic E-state index is 12.7. The summed E-state index contributed by atoms with van der Waals surface area (Å²) in [7, 11) is 1.57. The molecule has 0 atom stereocenters. The van der Waals surface area contributed by atoms with Crippen molar-refractivity contribution >= 4 is 27.9 Å². The molecule has 0 aliphatic rings. The lowest BCUT2D eigenvalue weighted by Crippen LogP contribution is -2.13. The minimum absolute atomic E-state index is 0.185. The third kappa shape index (κ3) is 3.39. The fourth-order valence-corrected chi connectivity index (χ4v) is 3.73. The highest BCUT2D eigenvalue weighted by atomic mass is 32.1. The fourth-order valence-electron chi connectivity index (χ4n) is 2.92. The minimum Gasteiger partial charge on any atom is -0.495 e. The summed E-state index contributed by atoms with van der Waals surface area (Å²) in [6.07, 6.45) is 1.56.